The van der Waals surface area contributed by atoms with Crippen molar-refractivity contribution in [1.29, 1.82) is 0 Å². The minimum Gasteiger partial charge on any atom is -0.479 e. The number of carbonyl (C=O) groups excluding carboxylic acids is 2. The Morgan fingerprint density at radius 2 is 1.77 bits per heavy atom. The van der Waals surface area contributed by atoms with Gasteiger partial charge in [-0.05, 0) is 28.7 Å². The van der Waals surface area contributed by atoms with Crippen molar-refractivity contribution in [2.75, 3.05) is 18.5 Å². The second kappa shape index (κ2) is 9.59. The van der Waals surface area contributed by atoms with Crippen molar-refractivity contribution in [3.63, 3.8) is 0 Å². The Labute approximate surface area is 200 Å². The fraction of sp³-hybridized carbons (Fsp3) is 0.280. The molecule has 2 amide bonds. The third-order valence-electron chi connectivity index (χ3n) is 6.21. The Hall–Kier alpha value is -4.18. The van der Waals surface area contributed by atoms with Gasteiger partial charge in [-0.2, -0.15) is 5.10 Å². The number of nitrogens with one attached hydrogen (secondary N) is 2. The number of nitrogens with zero attached hydrogens (tertiary/aromatic N) is 2. The standard InChI is InChI=1S/C25H24N4O6/c30-22(28-21-9-10-34-23(21)24(31)32)13-29-12-15(11-26-29)27-25(33)35-14-20-18-7-3-1-5-16(18)17-6-2-4-8-19(17)20/h1-8,11-12,20-21,23H,9-10,13-14H2,(H,27,33)(H,28,30)(H,31,32). The smallest absolute Gasteiger partial charge is 0.411 e. The molecule has 1 aliphatic heterocycles. The van der Waals surface area contributed by atoms with E-state index in [0.717, 1.165) is 22.3 Å². The summed E-state index contributed by atoms with van der Waals surface area (Å²) in [6.07, 6.45) is 1.66. The molecule has 0 spiro atoms. The molecule has 0 radical (unpaired) electrons. The van der Waals surface area contributed by atoms with Gasteiger partial charge in [-0.3, -0.25) is 14.8 Å². The Morgan fingerprint density at radius 1 is 1.09 bits per heavy atom. The van der Waals surface area contributed by atoms with Crippen LogP contribution in [0.25, 0.3) is 11.1 Å². The Bertz CT molecular complexity index is 1230. The lowest BCUT2D eigenvalue weighted by Crippen LogP contribution is -2.45. The summed E-state index contributed by atoms with van der Waals surface area (Å²) in [6.45, 7) is 0.331. The normalized spacial score (nSPS) is 18.5. The van der Waals surface area contributed by atoms with Crippen LogP contribution in [0.4, 0.5) is 10.5 Å². The molecule has 0 bridgehead atoms. The van der Waals surface area contributed by atoms with Crippen LogP contribution in [-0.2, 0) is 25.6 Å². The predicted molar refractivity (Wildman–Crippen MR) is 125 cm³/mol. The third kappa shape index (κ3) is 4.73. The molecule has 1 fully saturated rings. The molecule has 3 N–H and O–H groups in total. The molecule has 2 unspecified atom stereocenters. The minimum atomic E-state index is -1.11. The number of hydrogen-bond acceptors (Lipinski definition) is 6. The van der Waals surface area contributed by atoms with Gasteiger partial charge in [0.25, 0.3) is 0 Å². The molecule has 1 aromatic heterocycles. The average Bonchev–Trinajstić information content (AvgIpc) is 3.56. The first-order valence-electron chi connectivity index (χ1n) is 11.3. The highest BCUT2D eigenvalue weighted by atomic mass is 16.5. The summed E-state index contributed by atoms with van der Waals surface area (Å²) in [5.41, 5.74) is 4.92. The molecule has 1 aliphatic carbocycles. The first kappa shape index (κ1) is 22.6. The molecule has 10 heteroatoms. The van der Waals surface area contributed by atoms with Crippen molar-refractivity contribution >= 4 is 23.7 Å². The van der Waals surface area contributed by atoms with Gasteiger partial charge in [0, 0.05) is 18.7 Å². The molecule has 35 heavy (non-hydrogen) atoms. The summed E-state index contributed by atoms with van der Waals surface area (Å²) in [7, 11) is 0. The van der Waals surface area contributed by atoms with E-state index in [9.17, 15) is 14.4 Å². The molecule has 2 heterocycles. The van der Waals surface area contributed by atoms with E-state index in [1.807, 2.05) is 36.4 Å². The van der Waals surface area contributed by atoms with Gasteiger partial charge in [-0.1, -0.05) is 48.5 Å². The number of carboxylic acids is 1. The highest BCUT2D eigenvalue weighted by molar-refractivity contribution is 5.85. The summed E-state index contributed by atoms with van der Waals surface area (Å²) in [5, 5.41) is 18.5. The van der Waals surface area contributed by atoms with Crippen molar-refractivity contribution in [3.05, 3.63) is 72.1 Å². The number of carbonyl (C=O) groups is 3. The molecule has 10 nitrogen and oxygen atoms in total. The van der Waals surface area contributed by atoms with Gasteiger partial charge in [0.15, 0.2) is 6.10 Å². The number of aliphatic carboxylic acids is 1. The number of hydrogen-bond donors (Lipinski definition) is 3. The van der Waals surface area contributed by atoms with E-state index in [-0.39, 0.29) is 25.7 Å². The second-order valence-electron chi connectivity index (χ2n) is 8.47. The van der Waals surface area contributed by atoms with Gasteiger partial charge >= 0.3 is 12.1 Å². The van der Waals surface area contributed by atoms with Crippen LogP contribution in [0.5, 0.6) is 0 Å². The van der Waals surface area contributed by atoms with Crippen LogP contribution in [0.1, 0.15) is 23.5 Å². The van der Waals surface area contributed by atoms with E-state index in [1.54, 1.807) is 0 Å². The molecule has 2 atom stereocenters. The molecular formula is C25H24N4O6. The van der Waals surface area contributed by atoms with Gasteiger partial charge in [0.2, 0.25) is 5.91 Å². The zero-order valence-electron chi connectivity index (χ0n) is 18.7. The zero-order valence-corrected chi connectivity index (χ0v) is 18.7. The number of aromatic nitrogens is 2. The maximum atomic E-state index is 12.4. The van der Waals surface area contributed by atoms with Crippen LogP contribution in [0, 0.1) is 0 Å². The van der Waals surface area contributed by atoms with E-state index in [1.165, 1.54) is 17.1 Å². The largest absolute Gasteiger partial charge is 0.479 e. The van der Waals surface area contributed by atoms with Crippen molar-refractivity contribution in [1.82, 2.24) is 15.1 Å². The van der Waals surface area contributed by atoms with Crippen molar-refractivity contribution in [2.24, 2.45) is 0 Å². The quantitative estimate of drug-likeness (QED) is 0.478. The topological polar surface area (TPSA) is 132 Å². The van der Waals surface area contributed by atoms with E-state index in [4.69, 9.17) is 14.6 Å². The summed E-state index contributed by atoms with van der Waals surface area (Å²) in [4.78, 5) is 35.9. The van der Waals surface area contributed by atoms with Crippen LogP contribution in [-0.4, -0.2) is 58.2 Å². The van der Waals surface area contributed by atoms with Gasteiger partial charge < -0.3 is 19.9 Å². The van der Waals surface area contributed by atoms with Crippen molar-refractivity contribution in [3.8, 4) is 11.1 Å². The number of anilines is 1. The monoisotopic (exact) mass is 476 g/mol. The Balaban J connectivity index is 1.15. The van der Waals surface area contributed by atoms with Crippen LogP contribution in [0.2, 0.25) is 0 Å². The first-order valence-corrected chi connectivity index (χ1v) is 11.3. The molecule has 2 aliphatic rings. The highest BCUT2D eigenvalue weighted by Crippen LogP contribution is 2.44. The van der Waals surface area contributed by atoms with Gasteiger partial charge in [-0.25, -0.2) is 9.59 Å². The summed E-state index contributed by atoms with van der Waals surface area (Å²) >= 11 is 0. The summed E-state index contributed by atoms with van der Waals surface area (Å²) in [6, 6.07) is 15.6. The lowest BCUT2D eigenvalue weighted by atomic mass is 9.98. The van der Waals surface area contributed by atoms with E-state index in [2.05, 4.69) is 27.9 Å². The highest BCUT2D eigenvalue weighted by Gasteiger charge is 2.35. The molecular weight excluding hydrogens is 452 g/mol. The fourth-order valence-electron chi connectivity index (χ4n) is 4.65. The van der Waals surface area contributed by atoms with Crippen LogP contribution >= 0.6 is 0 Å². The number of ether oxygens (including phenoxy) is 2. The first-order chi connectivity index (χ1) is 17.0. The number of benzene rings is 2. The van der Waals surface area contributed by atoms with Gasteiger partial charge in [-0.15, -0.1) is 0 Å². The lowest BCUT2D eigenvalue weighted by molar-refractivity contribution is -0.148. The van der Waals surface area contributed by atoms with Crippen LogP contribution < -0.4 is 10.6 Å². The number of carboxylic acid groups (broad SMARTS) is 1. The molecule has 5 rings (SSSR count). The molecule has 3 aromatic rings. The molecule has 0 saturated carbocycles. The SMILES string of the molecule is O=C(Cn1cc(NC(=O)OCC2c3ccccc3-c3ccccc32)cn1)NC1CCOC1C(=O)O. The second-order valence-corrected chi connectivity index (χ2v) is 8.47. The fourth-order valence-corrected chi connectivity index (χ4v) is 4.65. The van der Waals surface area contributed by atoms with Crippen LogP contribution in [0.15, 0.2) is 60.9 Å². The van der Waals surface area contributed by atoms with Gasteiger partial charge in [0.1, 0.15) is 13.2 Å². The average molecular weight is 476 g/mol. The van der Waals surface area contributed by atoms with Crippen LogP contribution in [0.3, 0.4) is 0 Å². The Morgan fingerprint density at radius 3 is 2.46 bits per heavy atom. The van der Waals surface area contributed by atoms with Gasteiger partial charge in [0.05, 0.1) is 17.9 Å². The zero-order chi connectivity index (χ0) is 24.4. The number of amides is 2. The maximum absolute atomic E-state index is 12.4. The van der Waals surface area contributed by atoms with E-state index >= 15 is 0 Å². The Kier molecular flexibility index (Phi) is 6.19. The lowest BCUT2D eigenvalue weighted by Gasteiger charge is -2.16. The number of rotatable bonds is 7. The molecule has 2 aromatic carbocycles. The molecule has 180 valence electrons. The summed E-state index contributed by atoms with van der Waals surface area (Å²) < 4.78 is 12.0. The third-order valence-corrected chi connectivity index (χ3v) is 6.21. The maximum Gasteiger partial charge on any atom is 0.411 e. The molecule has 1 saturated heterocycles. The number of fused-ring (bicyclic) bond motifs is 3. The minimum absolute atomic E-state index is 0.0474. The predicted octanol–water partition coefficient (Wildman–Crippen LogP) is 2.60. The van der Waals surface area contributed by atoms with Crippen molar-refractivity contribution < 1.29 is 29.0 Å². The van der Waals surface area contributed by atoms with Crippen molar-refractivity contribution in [2.45, 2.75) is 31.0 Å². The van der Waals surface area contributed by atoms with E-state index < -0.39 is 30.1 Å². The van der Waals surface area contributed by atoms with E-state index in [0.29, 0.717) is 12.1 Å². The summed E-state index contributed by atoms with van der Waals surface area (Å²) in [5.74, 6) is -1.56.